The van der Waals surface area contributed by atoms with E-state index in [4.69, 9.17) is 19.3 Å². The number of hydrogen-bond acceptors (Lipinski definition) is 7. The number of aryl methyl sites for hydroxylation is 1. The average Bonchev–Trinajstić information content (AvgIpc) is 3.47. The lowest BCUT2D eigenvalue weighted by atomic mass is 10.1. The predicted octanol–water partition coefficient (Wildman–Crippen LogP) is 5.08. The lowest BCUT2D eigenvalue weighted by Gasteiger charge is -2.09. The van der Waals surface area contributed by atoms with Crippen LogP contribution in [-0.2, 0) is 16.1 Å². The zero-order valence-electron chi connectivity index (χ0n) is 18.5. The van der Waals surface area contributed by atoms with Crippen molar-refractivity contribution in [3.05, 3.63) is 82.4 Å². The molecule has 0 fully saturated rings. The van der Waals surface area contributed by atoms with E-state index in [0.29, 0.717) is 17.2 Å². The van der Waals surface area contributed by atoms with E-state index in [1.807, 2.05) is 67.0 Å². The van der Waals surface area contributed by atoms with Crippen molar-refractivity contribution in [2.75, 3.05) is 14.2 Å². The van der Waals surface area contributed by atoms with Crippen LogP contribution in [0.1, 0.15) is 16.3 Å². The fraction of sp³-hybridized carbons (Fsp3) is 0.160. The van der Waals surface area contributed by atoms with Crippen LogP contribution < -0.4 is 9.47 Å². The lowest BCUT2D eigenvalue weighted by Crippen LogP contribution is -2.01. The van der Waals surface area contributed by atoms with Crippen LogP contribution in [0.3, 0.4) is 0 Å². The van der Waals surface area contributed by atoms with E-state index in [1.165, 1.54) is 17.4 Å². The fourth-order valence-electron chi connectivity index (χ4n) is 3.26. The number of hydrogen-bond donors (Lipinski definition) is 0. The minimum absolute atomic E-state index is 0.138. The predicted molar refractivity (Wildman–Crippen MR) is 128 cm³/mol. The molecule has 4 aromatic rings. The molecule has 0 atom stereocenters. The van der Waals surface area contributed by atoms with Gasteiger partial charge in [-0.05, 0) is 43.3 Å². The third kappa shape index (κ3) is 5.30. The molecule has 0 saturated carbocycles. The second-order valence-corrected chi connectivity index (χ2v) is 8.14. The van der Waals surface area contributed by atoms with Crippen molar-refractivity contribution in [1.29, 1.82) is 0 Å². The monoisotopic (exact) mass is 461 g/mol. The van der Waals surface area contributed by atoms with Crippen molar-refractivity contribution in [2.24, 2.45) is 0 Å². The first-order valence-electron chi connectivity index (χ1n) is 10.2. The van der Waals surface area contributed by atoms with Gasteiger partial charge in [-0.2, -0.15) is 5.10 Å². The molecule has 7 nitrogen and oxygen atoms in total. The third-order valence-electron chi connectivity index (χ3n) is 4.85. The minimum atomic E-state index is -0.452. The first-order chi connectivity index (χ1) is 16.1. The highest BCUT2D eigenvalue weighted by Crippen LogP contribution is 2.33. The molecule has 0 N–H and O–H groups in total. The van der Waals surface area contributed by atoms with Gasteiger partial charge < -0.3 is 14.2 Å². The van der Waals surface area contributed by atoms with Crippen molar-refractivity contribution in [1.82, 2.24) is 14.8 Å². The van der Waals surface area contributed by atoms with Crippen LogP contribution in [0.4, 0.5) is 0 Å². The third-order valence-corrected chi connectivity index (χ3v) is 5.67. The summed E-state index contributed by atoms with van der Waals surface area (Å²) in [5.41, 5.74) is 3.92. The normalized spacial score (nSPS) is 11.0. The number of carbonyl (C=O) groups is 1. The first-order valence-corrected chi connectivity index (χ1v) is 11.1. The zero-order chi connectivity index (χ0) is 23.2. The van der Waals surface area contributed by atoms with Crippen molar-refractivity contribution in [3.8, 4) is 28.4 Å². The van der Waals surface area contributed by atoms with Gasteiger partial charge in [0.1, 0.15) is 12.3 Å². The number of benzene rings is 2. The molecule has 33 heavy (non-hydrogen) atoms. The summed E-state index contributed by atoms with van der Waals surface area (Å²) < 4.78 is 17.9. The lowest BCUT2D eigenvalue weighted by molar-refractivity contribution is -0.139. The Kier molecular flexibility index (Phi) is 6.85. The van der Waals surface area contributed by atoms with Crippen LogP contribution >= 0.6 is 11.3 Å². The molecule has 0 bridgehead atoms. The van der Waals surface area contributed by atoms with E-state index in [9.17, 15) is 4.79 Å². The zero-order valence-corrected chi connectivity index (χ0v) is 19.3. The Hall–Kier alpha value is -3.91. The maximum atomic E-state index is 12.3. The van der Waals surface area contributed by atoms with Crippen molar-refractivity contribution in [2.45, 2.75) is 13.5 Å². The Morgan fingerprint density at radius 2 is 1.88 bits per heavy atom. The quantitative estimate of drug-likeness (QED) is 0.269. The minimum Gasteiger partial charge on any atom is -0.493 e. The molecule has 0 aliphatic heterocycles. The van der Waals surface area contributed by atoms with E-state index in [2.05, 4.69) is 4.98 Å². The molecule has 2 heterocycles. The summed E-state index contributed by atoms with van der Waals surface area (Å²) in [5, 5.41) is 7.58. The van der Waals surface area contributed by atoms with Gasteiger partial charge in [0, 0.05) is 28.8 Å². The summed E-state index contributed by atoms with van der Waals surface area (Å²) >= 11 is 1.52. The van der Waals surface area contributed by atoms with Gasteiger partial charge in [-0.1, -0.05) is 18.2 Å². The Morgan fingerprint density at radius 1 is 1.09 bits per heavy atom. The second kappa shape index (κ2) is 10.1. The largest absolute Gasteiger partial charge is 0.493 e. The van der Waals surface area contributed by atoms with Crippen LogP contribution in [0.2, 0.25) is 0 Å². The van der Waals surface area contributed by atoms with Crippen LogP contribution in [0.25, 0.3) is 23.0 Å². The van der Waals surface area contributed by atoms with E-state index in [1.54, 1.807) is 25.0 Å². The highest BCUT2D eigenvalue weighted by atomic mass is 32.1. The van der Waals surface area contributed by atoms with Gasteiger partial charge >= 0.3 is 5.97 Å². The number of ether oxygens (including phenoxy) is 3. The van der Waals surface area contributed by atoms with Crippen LogP contribution in [0.5, 0.6) is 11.5 Å². The highest BCUT2D eigenvalue weighted by molar-refractivity contribution is 7.09. The van der Waals surface area contributed by atoms with E-state index in [-0.39, 0.29) is 6.61 Å². The summed E-state index contributed by atoms with van der Waals surface area (Å²) in [6, 6.07) is 15.3. The Balaban J connectivity index is 1.63. The Morgan fingerprint density at radius 3 is 2.58 bits per heavy atom. The number of nitrogens with zero attached hydrogens (tertiary/aromatic N) is 3. The summed E-state index contributed by atoms with van der Waals surface area (Å²) in [5.74, 6) is 0.769. The van der Waals surface area contributed by atoms with Gasteiger partial charge in [0.15, 0.2) is 11.5 Å². The molecule has 0 amide bonds. The number of rotatable bonds is 8. The molecule has 0 spiro atoms. The molecule has 2 aromatic heterocycles. The van der Waals surface area contributed by atoms with Crippen molar-refractivity contribution < 1.29 is 19.0 Å². The van der Waals surface area contributed by atoms with E-state index < -0.39 is 5.97 Å². The summed E-state index contributed by atoms with van der Waals surface area (Å²) in [6.45, 7) is 2.05. The van der Waals surface area contributed by atoms with Crippen LogP contribution in [0.15, 0.2) is 66.2 Å². The van der Waals surface area contributed by atoms with E-state index >= 15 is 0 Å². The summed E-state index contributed by atoms with van der Waals surface area (Å²) in [7, 11) is 3.18. The van der Waals surface area contributed by atoms with Gasteiger partial charge in [-0.3, -0.25) is 0 Å². The van der Waals surface area contributed by atoms with Gasteiger partial charge in [0.2, 0.25) is 0 Å². The summed E-state index contributed by atoms with van der Waals surface area (Å²) in [6.07, 6.45) is 4.97. The van der Waals surface area contributed by atoms with Gasteiger partial charge in [0.25, 0.3) is 0 Å². The van der Waals surface area contributed by atoms with Crippen molar-refractivity contribution in [3.63, 3.8) is 0 Å². The van der Waals surface area contributed by atoms with Crippen LogP contribution in [-0.4, -0.2) is 35.0 Å². The maximum absolute atomic E-state index is 12.3. The molecule has 4 rings (SSSR count). The van der Waals surface area contributed by atoms with Crippen LogP contribution in [0, 0.1) is 6.92 Å². The van der Waals surface area contributed by atoms with Gasteiger partial charge in [-0.15, -0.1) is 11.3 Å². The van der Waals surface area contributed by atoms with E-state index in [0.717, 1.165) is 27.5 Å². The number of methoxy groups -OCH3 is 2. The number of esters is 1. The average molecular weight is 462 g/mol. The number of aromatic nitrogens is 3. The van der Waals surface area contributed by atoms with Crippen molar-refractivity contribution >= 4 is 23.4 Å². The molecule has 0 aliphatic rings. The van der Waals surface area contributed by atoms with Gasteiger partial charge in [0.05, 0.1) is 30.6 Å². The first kappa shape index (κ1) is 22.3. The van der Waals surface area contributed by atoms with Gasteiger partial charge in [-0.25, -0.2) is 14.5 Å². The topological polar surface area (TPSA) is 75.5 Å². The Bertz CT molecular complexity index is 1280. The molecule has 0 unspecified atom stereocenters. The SMILES string of the molecule is COc1ccc(-c2nn(-c3ccccc3)cc2/C=C/C(=O)OCc2csc(C)n2)cc1OC. The molecule has 0 saturated heterocycles. The second-order valence-electron chi connectivity index (χ2n) is 7.08. The fourth-order valence-corrected chi connectivity index (χ4v) is 3.85. The molecular formula is C25H23N3O4S. The smallest absolute Gasteiger partial charge is 0.331 e. The standard InChI is InChI=1S/C25H23N3O4S/c1-17-26-20(16-33-17)15-32-24(29)12-10-19-14-28(21-7-5-4-6-8-21)27-25(19)18-9-11-22(30-2)23(13-18)31-3/h4-14,16H,15H2,1-3H3/b12-10+. The summed E-state index contributed by atoms with van der Waals surface area (Å²) in [4.78, 5) is 16.6. The molecule has 0 radical (unpaired) electrons. The molecule has 8 heteroatoms. The number of thiazole rings is 1. The molecule has 2 aromatic carbocycles. The Labute approximate surface area is 195 Å². The molecule has 0 aliphatic carbocycles. The number of para-hydroxylation sites is 1. The highest BCUT2D eigenvalue weighted by Gasteiger charge is 2.14. The maximum Gasteiger partial charge on any atom is 0.331 e. The molecular weight excluding hydrogens is 438 g/mol. The number of carbonyl (C=O) groups excluding carboxylic acids is 1. The molecule has 168 valence electrons.